The Morgan fingerprint density at radius 1 is 1.21 bits per heavy atom. The fraction of sp³-hybridized carbons (Fsp3) is 0.118. The number of benzene rings is 2. The van der Waals surface area contributed by atoms with Gasteiger partial charge in [-0.1, -0.05) is 12.1 Å². The van der Waals surface area contributed by atoms with Crippen LogP contribution in [0.1, 0.15) is 15.9 Å². The molecule has 2 N–H and O–H groups in total. The van der Waals surface area contributed by atoms with Gasteiger partial charge in [0.1, 0.15) is 5.82 Å². The van der Waals surface area contributed by atoms with E-state index in [0.717, 1.165) is 0 Å². The zero-order chi connectivity index (χ0) is 17.3. The molecule has 0 atom stereocenters. The van der Waals surface area contributed by atoms with Crippen molar-refractivity contribution in [2.75, 3.05) is 7.05 Å². The molecule has 1 heterocycles. The van der Waals surface area contributed by atoms with Crippen LogP contribution in [0.2, 0.25) is 0 Å². The Morgan fingerprint density at radius 3 is 2.75 bits per heavy atom. The molecule has 0 aliphatic carbocycles. The number of amides is 1. The average Bonchev–Trinajstić information content (AvgIpc) is 2.53. The van der Waals surface area contributed by atoms with Crippen molar-refractivity contribution in [3.63, 3.8) is 0 Å². The van der Waals surface area contributed by atoms with Crippen LogP contribution in [0, 0.1) is 10.6 Å². The number of halogens is 1. The Kier molecular flexibility index (Phi) is 4.26. The van der Waals surface area contributed by atoms with Gasteiger partial charge < -0.3 is 9.88 Å². The second kappa shape index (κ2) is 6.37. The quantitative estimate of drug-likeness (QED) is 0.718. The van der Waals surface area contributed by atoms with Crippen molar-refractivity contribution in [2.24, 2.45) is 0 Å². The van der Waals surface area contributed by atoms with Crippen molar-refractivity contribution >= 4 is 29.0 Å². The molecule has 0 aliphatic heterocycles. The van der Waals surface area contributed by atoms with Gasteiger partial charge in [-0.15, -0.1) is 0 Å². The first kappa shape index (κ1) is 16.1. The zero-order valence-electron chi connectivity index (χ0n) is 12.8. The van der Waals surface area contributed by atoms with Crippen molar-refractivity contribution in [1.29, 1.82) is 0 Å². The summed E-state index contributed by atoms with van der Waals surface area (Å²) in [6, 6.07) is 10.8. The van der Waals surface area contributed by atoms with E-state index < -0.39 is 0 Å². The fourth-order valence-electron chi connectivity index (χ4n) is 2.50. The summed E-state index contributed by atoms with van der Waals surface area (Å²) in [5, 5.41) is 0.424. The smallest absolute Gasteiger partial charge is 0.259 e. The van der Waals surface area contributed by atoms with Crippen LogP contribution in [0.25, 0.3) is 10.9 Å². The molecule has 0 aliphatic rings. The Morgan fingerprint density at radius 2 is 2.00 bits per heavy atom. The first-order valence-electron chi connectivity index (χ1n) is 7.20. The van der Waals surface area contributed by atoms with Crippen LogP contribution >= 0.6 is 12.2 Å². The summed E-state index contributed by atoms with van der Waals surface area (Å²) >= 11 is 4.94. The Hall–Kier alpha value is -2.80. The first-order valence-corrected chi connectivity index (χ1v) is 7.61. The van der Waals surface area contributed by atoms with E-state index in [1.54, 1.807) is 37.4 Å². The molecule has 2 aromatic carbocycles. The van der Waals surface area contributed by atoms with Crippen LogP contribution in [0.3, 0.4) is 0 Å². The molecular weight excluding hydrogens is 329 g/mol. The van der Waals surface area contributed by atoms with Gasteiger partial charge >= 0.3 is 0 Å². The lowest BCUT2D eigenvalue weighted by Gasteiger charge is -2.17. The van der Waals surface area contributed by atoms with Gasteiger partial charge in [0.2, 0.25) is 0 Å². The minimum atomic E-state index is -0.342. The Balaban J connectivity index is 1.90. The molecule has 1 amide bonds. The molecule has 0 saturated heterocycles. The number of hydrogen-bond donors (Lipinski definition) is 2. The van der Waals surface area contributed by atoms with Crippen LogP contribution in [0.15, 0.2) is 47.3 Å². The number of rotatable bonds is 3. The van der Waals surface area contributed by atoms with Gasteiger partial charge in [-0.3, -0.25) is 14.6 Å². The summed E-state index contributed by atoms with van der Waals surface area (Å²) in [7, 11) is 1.64. The third kappa shape index (κ3) is 3.26. The number of aromatic amines is 2. The number of carbonyl (C=O) groups is 1. The van der Waals surface area contributed by atoms with E-state index >= 15 is 0 Å². The van der Waals surface area contributed by atoms with Gasteiger partial charge in [0.25, 0.3) is 11.5 Å². The van der Waals surface area contributed by atoms with Gasteiger partial charge in [-0.05, 0) is 48.1 Å². The molecule has 0 saturated carbocycles. The van der Waals surface area contributed by atoms with Gasteiger partial charge in [-0.25, -0.2) is 4.39 Å². The number of nitrogens with one attached hydrogen (secondary N) is 2. The molecule has 0 spiro atoms. The summed E-state index contributed by atoms with van der Waals surface area (Å²) < 4.78 is 13.4. The Bertz CT molecular complexity index is 1040. The first-order chi connectivity index (χ1) is 11.4. The van der Waals surface area contributed by atoms with E-state index in [9.17, 15) is 14.0 Å². The highest BCUT2D eigenvalue weighted by Gasteiger charge is 2.13. The topological polar surface area (TPSA) is 69.0 Å². The van der Waals surface area contributed by atoms with Crippen molar-refractivity contribution in [3.05, 3.63) is 74.5 Å². The second-order valence-corrected chi connectivity index (χ2v) is 5.87. The maximum absolute atomic E-state index is 13.2. The van der Waals surface area contributed by atoms with E-state index in [0.29, 0.717) is 22.0 Å². The summed E-state index contributed by atoms with van der Waals surface area (Å²) in [5.74, 6) is -0.577. The third-order valence-corrected chi connectivity index (χ3v) is 3.85. The van der Waals surface area contributed by atoms with Crippen LogP contribution < -0.4 is 5.56 Å². The average molecular weight is 343 g/mol. The summed E-state index contributed by atoms with van der Waals surface area (Å²) in [5.41, 5.74) is 1.30. The summed E-state index contributed by atoms with van der Waals surface area (Å²) in [6.07, 6.45) is 0. The maximum Gasteiger partial charge on any atom is 0.259 e. The third-order valence-electron chi connectivity index (χ3n) is 3.64. The lowest BCUT2D eigenvalue weighted by Crippen LogP contribution is -2.26. The van der Waals surface area contributed by atoms with Crippen LogP contribution in [-0.2, 0) is 6.54 Å². The van der Waals surface area contributed by atoms with Gasteiger partial charge in [-0.2, -0.15) is 0 Å². The molecule has 0 bridgehead atoms. The molecule has 3 rings (SSSR count). The predicted molar refractivity (Wildman–Crippen MR) is 92.0 cm³/mol. The number of nitrogens with zero attached hydrogens (tertiary/aromatic N) is 1. The highest BCUT2D eigenvalue weighted by molar-refractivity contribution is 7.71. The zero-order valence-corrected chi connectivity index (χ0v) is 13.6. The molecule has 5 nitrogen and oxygen atoms in total. The summed E-state index contributed by atoms with van der Waals surface area (Å²) in [4.78, 5) is 31.2. The van der Waals surface area contributed by atoms with Crippen LogP contribution in [-0.4, -0.2) is 27.8 Å². The standard InChI is InChI=1S/C17H14FN3O2S/c1-21(9-10-3-2-4-12(18)7-10)16(23)11-5-6-13-14(8-11)19-17(24)20-15(13)22/h2-8H,9H2,1H3,(H2,19,20,22,24). The van der Waals surface area contributed by atoms with Gasteiger partial charge in [0, 0.05) is 19.2 Å². The monoisotopic (exact) mass is 343 g/mol. The highest BCUT2D eigenvalue weighted by atomic mass is 32.1. The molecular formula is C17H14FN3O2S. The molecule has 0 radical (unpaired) electrons. The number of aromatic nitrogens is 2. The largest absolute Gasteiger partial charge is 0.337 e. The molecule has 1 aromatic heterocycles. The molecule has 24 heavy (non-hydrogen) atoms. The van der Waals surface area contributed by atoms with Gasteiger partial charge in [0.15, 0.2) is 4.77 Å². The number of hydrogen-bond acceptors (Lipinski definition) is 3. The predicted octanol–water partition coefficient (Wildman–Crippen LogP) is 3.00. The second-order valence-electron chi connectivity index (χ2n) is 5.46. The van der Waals surface area contributed by atoms with Gasteiger partial charge in [0.05, 0.1) is 10.9 Å². The number of H-pyrrole nitrogens is 2. The van der Waals surface area contributed by atoms with E-state index in [1.165, 1.54) is 17.0 Å². The van der Waals surface area contributed by atoms with Crippen LogP contribution in [0.5, 0.6) is 0 Å². The molecule has 7 heteroatoms. The minimum Gasteiger partial charge on any atom is -0.337 e. The van der Waals surface area contributed by atoms with Crippen molar-refractivity contribution in [1.82, 2.24) is 14.9 Å². The van der Waals surface area contributed by atoms with E-state index in [-0.39, 0.29) is 28.6 Å². The molecule has 0 fully saturated rings. The molecule has 0 unspecified atom stereocenters. The lowest BCUT2D eigenvalue weighted by atomic mass is 10.1. The van der Waals surface area contributed by atoms with Crippen molar-refractivity contribution < 1.29 is 9.18 Å². The number of carbonyl (C=O) groups excluding carboxylic acids is 1. The summed E-state index contributed by atoms with van der Waals surface area (Å²) in [6.45, 7) is 0.278. The molecule has 3 aromatic rings. The van der Waals surface area contributed by atoms with E-state index in [4.69, 9.17) is 12.2 Å². The van der Waals surface area contributed by atoms with Crippen molar-refractivity contribution in [2.45, 2.75) is 6.54 Å². The Labute approximate surface area is 141 Å². The van der Waals surface area contributed by atoms with Crippen LogP contribution in [0.4, 0.5) is 4.39 Å². The number of fused-ring (bicyclic) bond motifs is 1. The fourth-order valence-corrected chi connectivity index (χ4v) is 2.71. The van der Waals surface area contributed by atoms with Crippen molar-refractivity contribution in [3.8, 4) is 0 Å². The van der Waals surface area contributed by atoms with E-state index in [1.807, 2.05) is 0 Å². The SMILES string of the molecule is CN(Cc1cccc(F)c1)C(=O)c1ccc2c(=O)[nH]c(=S)[nH]c2c1. The minimum absolute atomic E-state index is 0.199. The maximum atomic E-state index is 13.2. The molecule has 122 valence electrons. The highest BCUT2D eigenvalue weighted by Crippen LogP contribution is 2.14. The van der Waals surface area contributed by atoms with E-state index in [2.05, 4.69) is 9.97 Å². The normalized spacial score (nSPS) is 10.8. The lowest BCUT2D eigenvalue weighted by molar-refractivity contribution is 0.0785.